The van der Waals surface area contributed by atoms with Crippen molar-refractivity contribution in [3.63, 3.8) is 0 Å². The van der Waals surface area contributed by atoms with Crippen molar-refractivity contribution in [2.45, 2.75) is 62.3 Å². The van der Waals surface area contributed by atoms with Crippen molar-refractivity contribution in [2.24, 2.45) is 0 Å². The first-order valence-corrected chi connectivity index (χ1v) is 15.1. The number of nitrogen functional groups attached to an aromatic ring is 1. The van der Waals surface area contributed by atoms with Gasteiger partial charge in [0.2, 0.25) is 0 Å². The molecule has 2 bridgehead atoms. The Morgan fingerprint density at radius 1 is 1.07 bits per heavy atom. The van der Waals surface area contributed by atoms with Crippen LogP contribution in [-0.2, 0) is 0 Å². The molecule has 4 atom stereocenters. The highest BCUT2D eigenvalue weighted by Gasteiger charge is 2.49. The molecule has 0 saturated carbocycles. The third-order valence-corrected chi connectivity index (χ3v) is 9.61. The molecule has 244 valence electrons. The maximum atomic E-state index is 16.9. The smallest absolute Gasteiger partial charge is 0.461 e. The van der Waals surface area contributed by atoms with E-state index < -0.39 is 52.6 Å². The van der Waals surface area contributed by atoms with Gasteiger partial charge in [-0.1, -0.05) is 0 Å². The van der Waals surface area contributed by atoms with Gasteiger partial charge < -0.3 is 29.8 Å². The average molecular weight is 650 g/mol. The van der Waals surface area contributed by atoms with Gasteiger partial charge in [0, 0.05) is 49.1 Å². The minimum absolute atomic E-state index is 0.0301. The second-order valence-electron chi connectivity index (χ2n) is 12.6. The Balaban J connectivity index is 1.31. The van der Waals surface area contributed by atoms with Gasteiger partial charge in [0.1, 0.15) is 35.4 Å². The van der Waals surface area contributed by atoms with Crippen molar-refractivity contribution in [3.05, 3.63) is 29.8 Å². The fourth-order valence-electron chi connectivity index (χ4n) is 7.74. The number of halogens is 6. The molecule has 6 heterocycles. The number of anilines is 2. The molecule has 46 heavy (non-hydrogen) atoms. The van der Waals surface area contributed by atoms with Crippen LogP contribution < -0.4 is 25.4 Å². The molecule has 2 aromatic carbocycles. The summed E-state index contributed by atoms with van der Waals surface area (Å²) in [6.45, 7) is 2.04. The minimum Gasteiger partial charge on any atom is -0.461 e. The Kier molecular flexibility index (Phi) is 6.69. The van der Waals surface area contributed by atoms with E-state index in [1.807, 2.05) is 4.90 Å². The van der Waals surface area contributed by atoms with E-state index in [0.717, 1.165) is 44.0 Å². The second-order valence-corrected chi connectivity index (χ2v) is 12.6. The standard InChI is InChI=1S/C30H29F6N7O3/c31-14-9-29(6-1-7-43(29)10-14)13-44-28-40-23-18(26(41-28)42-11-15-2-3-16(12-42)38-15)8-20(46-30(34,35)36)21(22(23)33)17-4-5-19(32)25-24(17)39-27(37)45-25/h4-5,8,14-16,38H,1-3,6-7,9-13H2,(H2,37,39)/t14-,15?,16?,29+/m1/s1. The van der Waals surface area contributed by atoms with E-state index in [-0.39, 0.29) is 58.9 Å². The number of nitrogens with zero attached hydrogens (tertiary/aromatic N) is 5. The number of rotatable bonds is 6. The first kappa shape index (κ1) is 29.4. The fraction of sp³-hybridized carbons (Fsp3) is 0.500. The zero-order valence-electron chi connectivity index (χ0n) is 24.3. The molecule has 0 aliphatic carbocycles. The molecule has 0 amide bonds. The molecule has 0 radical (unpaired) electrons. The van der Waals surface area contributed by atoms with Crippen LogP contribution in [0.3, 0.4) is 0 Å². The topological polar surface area (TPSA) is 115 Å². The number of benzene rings is 2. The summed E-state index contributed by atoms with van der Waals surface area (Å²) >= 11 is 0. The number of alkyl halides is 4. The number of oxazole rings is 1. The van der Waals surface area contributed by atoms with Crippen LogP contribution in [-0.4, -0.2) is 82.8 Å². The van der Waals surface area contributed by atoms with E-state index in [1.165, 1.54) is 0 Å². The number of aromatic nitrogens is 3. The zero-order chi connectivity index (χ0) is 32.0. The predicted molar refractivity (Wildman–Crippen MR) is 154 cm³/mol. The summed E-state index contributed by atoms with van der Waals surface area (Å²) in [4.78, 5) is 16.8. The van der Waals surface area contributed by atoms with E-state index in [1.54, 1.807) is 0 Å². The zero-order valence-corrected chi connectivity index (χ0v) is 24.3. The van der Waals surface area contributed by atoms with Gasteiger partial charge in [-0.2, -0.15) is 15.0 Å². The molecule has 4 fully saturated rings. The van der Waals surface area contributed by atoms with Crippen LogP contribution in [0.5, 0.6) is 11.8 Å². The summed E-state index contributed by atoms with van der Waals surface area (Å²) < 4.78 is 103. The molecule has 2 aromatic heterocycles. The predicted octanol–water partition coefficient (Wildman–Crippen LogP) is 5.09. The van der Waals surface area contributed by atoms with E-state index in [9.17, 15) is 22.0 Å². The number of piperazine rings is 1. The highest BCUT2D eigenvalue weighted by molar-refractivity contribution is 6.00. The Bertz CT molecular complexity index is 1840. The van der Waals surface area contributed by atoms with Crippen molar-refractivity contribution >= 4 is 33.8 Å². The van der Waals surface area contributed by atoms with Gasteiger partial charge in [-0.15, -0.1) is 13.2 Å². The summed E-state index contributed by atoms with van der Waals surface area (Å²) in [7, 11) is 0. The Hall–Kier alpha value is -4.05. The van der Waals surface area contributed by atoms with Gasteiger partial charge in [-0.3, -0.25) is 4.90 Å². The maximum Gasteiger partial charge on any atom is 0.573 e. The number of nitrogens with one attached hydrogen (secondary N) is 1. The first-order chi connectivity index (χ1) is 22.0. The average Bonchev–Trinajstić information content (AvgIpc) is 3.74. The molecular formula is C30H29F6N7O3. The van der Waals surface area contributed by atoms with E-state index in [4.69, 9.17) is 14.9 Å². The van der Waals surface area contributed by atoms with Gasteiger partial charge in [0.25, 0.3) is 6.01 Å². The molecule has 4 saturated heterocycles. The number of fused-ring (bicyclic) bond motifs is 5. The molecule has 4 aliphatic heterocycles. The fourth-order valence-corrected chi connectivity index (χ4v) is 7.74. The van der Waals surface area contributed by atoms with Gasteiger partial charge in [-0.05, 0) is 50.4 Å². The van der Waals surface area contributed by atoms with Crippen molar-refractivity contribution in [1.82, 2.24) is 25.2 Å². The monoisotopic (exact) mass is 649 g/mol. The summed E-state index contributed by atoms with van der Waals surface area (Å²) in [5, 5.41) is 3.46. The third-order valence-electron chi connectivity index (χ3n) is 9.61. The lowest BCUT2D eigenvalue weighted by Gasteiger charge is -2.35. The Labute approximate surface area is 257 Å². The first-order valence-electron chi connectivity index (χ1n) is 15.1. The Morgan fingerprint density at radius 3 is 2.61 bits per heavy atom. The lowest BCUT2D eigenvalue weighted by Crippen LogP contribution is -2.51. The lowest BCUT2D eigenvalue weighted by molar-refractivity contribution is -0.274. The quantitative estimate of drug-likeness (QED) is 0.274. The number of nitrogens with two attached hydrogens (primary N) is 1. The van der Waals surface area contributed by atoms with E-state index in [2.05, 4.69) is 29.9 Å². The molecule has 2 unspecified atom stereocenters. The summed E-state index contributed by atoms with van der Waals surface area (Å²) in [6, 6.07) is 2.58. The molecule has 4 aromatic rings. The summed E-state index contributed by atoms with van der Waals surface area (Å²) in [5.74, 6) is -2.80. The van der Waals surface area contributed by atoms with Crippen LogP contribution in [0.4, 0.5) is 38.2 Å². The van der Waals surface area contributed by atoms with Crippen LogP contribution in [0.15, 0.2) is 22.6 Å². The maximum absolute atomic E-state index is 16.9. The van der Waals surface area contributed by atoms with Gasteiger partial charge in [-0.25, -0.2) is 13.2 Å². The lowest BCUT2D eigenvalue weighted by atomic mass is 9.95. The second kappa shape index (κ2) is 10.5. The molecule has 0 spiro atoms. The minimum atomic E-state index is -5.21. The molecule has 8 rings (SSSR count). The number of hydrogen-bond acceptors (Lipinski definition) is 10. The molecule has 10 nitrogen and oxygen atoms in total. The summed E-state index contributed by atoms with van der Waals surface area (Å²) in [5.41, 5.74) is 3.07. The van der Waals surface area contributed by atoms with Crippen LogP contribution in [0.1, 0.15) is 32.1 Å². The van der Waals surface area contributed by atoms with Crippen molar-refractivity contribution in [3.8, 4) is 22.9 Å². The van der Waals surface area contributed by atoms with Crippen molar-refractivity contribution < 1.29 is 40.2 Å². The summed E-state index contributed by atoms with van der Waals surface area (Å²) in [6.07, 6.45) is -2.53. The van der Waals surface area contributed by atoms with Crippen LogP contribution in [0.2, 0.25) is 0 Å². The molecule has 3 N–H and O–H groups in total. The highest BCUT2D eigenvalue weighted by atomic mass is 19.4. The number of hydrogen-bond donors (Lipinski definition) is 2. The molecular weight excluding hydrogens is 620 g/mol. The molecule has 4 aliphatic rings. The van der Waals surface area contributed by atoms with E-state index in [0.29, 0.717) is 26.1 Å². The highest BCUT2D eigenvalue weighted by Crippen LogP contribution is 2.46. The van der Waals surface area contributed by atoms with Crippen LogP contribution in [0, 0.1) is 11.6 Å². The van der Waals surface area contributed by atoms with Gasteiger partial charge >= 0.3 is 12.4 Å². The van der Waals surface area contributed by atoms with Crippen LogP contribution in [0.25, 0.3) is 33.1 Å². The third kappa shape index (κ3) is 4.92. The van der Waals surface area contributed by atoms with Crippen molar-refractivity contribution in [2.75, 3.05) is 43.4 Å². The largest absolute Gasteiger partial charge is 0.573 e. The Morgan fingerprint density at radius 2 is 1.85 bits per heavy atom. The van der Waals surface area contributed by atoms with E-state index >= 15 is 4.39 Å². The van der Waals surface area contributed by atoms with Crippen molar-refractivity contribution in [1.29, 1.82) is 0 Å². The van der Waals surface area contributed by atoms with Gasteiger partial charge in [0.15, 0.2) is 17.2 Å². The number of ether oxygens (including phenoxy) is 2. The normalized spacial score (nSPS) is 26.4. The van der Waals surface area contributed by atoms with Crippen LogP contribution >= 0.6 is 0 Å². The SMILES string of the molecule is Nc1nc2c(-c3c(OC(F)(F)F)cc4c(N5CC6CCC(C5)N6)nc(OC[C@@]56CCCN5C[C@H](F)C6)nc4c3F)ccc(F)c2o1. The molecule has 16 heteroatoms. The van der Waals surface area contributed by atoms with Gasteiger partial charge in [0.05, 0.1) is 11.1 Å².